The van der Waals surface area contributed by atoms with E-state index >= 15 is 0 Å². The third-order valence-corrected chi connectivity index (χ3v) is 4.85. The minimum atomic E-state index is -0.145. The van der Waals surface area contributed by atoms with Crippen LogP contribution < -0.4 is 4.74 Å². The largest absolute Gasteiger partial charge is 0.496 e. The van der Waals surface area contributed by atoms with Crippen LogP contribution in [-0.4, -0.2) is 7.11 Å². The first-order valence-corrected chi connectivity index (χ1v) is 8.42. The maximum atomic E-state index is 6.75. The quantitative estimate of drug-likeness (QED) is 0.597. The van der Waals surface area contributed by atoms with E-state index in [-0.39, 0.29) is 5.38 Å². The summed E-state index contributed by atoms with van der Waals surface area (Å²) < 4.78 is 6.21. The molecule has 0 radical (unpaired) electrons. The number of ether oxygens (including phenoxy) is 1. The van der Waals surface area contributed by atoms with Crippen molar-refractivity contribution in [1.82, 2.24) is 0 Å². The Kier molecular flexibility index (Phi) is 5.72. The normalized spacial score (nSPS) is 12.2. The van der Waals surface area contributed by atoms with Crippen LogP contribution in [0.1, 0.15) is 41.5 Å². The lowest BCUT2D eigenvalue weighted by atomic mass is 9.95. The number of hydrogen-bond donors (Lipinski definition) is 0. The highest BCUT2D eigenvalue weighted by Crippen LogP contribution is 2.36. The number of benzene rings is 2. The van der Waals surface area contributed by atoms with Crippen molar-refractivity contribution in [2.45, 2.75) is 32.1 Å². The molecule has 1 atom stereocenters. The van der Waals surface area contributed by atoms with Crippen molar-refractivity contribution in [2.75, 3.05) is 7.11 Å². The second-order valence-electron chi connectivity index (χ2n) is 5.00. The zero-order valence-electron chi connectivity index (χ0n) is 12.6. The Morgan fingerprint density at radius 1 is 1.10 bits per heavy atom. The summed E-state index contributed by atoms with van der Waals surface area (Å²) in [4.78, 5) is 0. The van der Waals surface area contributed by atoms with Gasteiger partial charge in [0.25, 0.3) is 0 Å². The Morgan fingerprint density at radius 2 is 1.86 bits per heavy atom. The number of rotatable bonds is 5. The SMILES string of the molecule is CCc1ccc(CC)c(C(Cl)c2ccc(OC)c(Br)c2)c1. The van der Waals surface area contributed by atoms with Crippen LogP contribution >= 0.6 is 27.5 Å². The summed E-state index contributed by atoms with van der Waals surface area (Å²) in [5.74, 6) is 0.820. The van der Waals surface area contributed by atoms with E-state index in [1.807, 2.05) is 18.2 Å². The predicted octanol–water partition coefficient (Wildman–Crippen LogP) is 5.91. The number of halogens is 2. The molecule has 0 aromatic heterocycles. The summed E-state index contributed by atoms with van der Waals surface area (Å²) in [5.41, 5.74) is 4.91. The van der Waals surface area contributed by atoms with E-state index in [9.17, 15) is 0 Å². The molecule has 21 heavy (non-hydrogen) atoms. The fourth-order valence-corrected chi connectivity index (χ4v) is 3.34. The van der Waals surface area contributed by atoms with Crippen LogP contribution in [0.15, 0.2) is 40.9 Å². The molecule has 2 aromatic carbocycles. The Hall–Kier alpha value is -0.990. The standard InChI is InChI=1S/C18H20BrClO/c1-4-12-6-7-13(5-2)15(10-12)18(20)14-8-9-17(21-3)16(19)11-14/h6-11,18H,4-5H2,1-3H3. The molecule has 2 rings (SSSR count). The maximum Gasteiger partial charge on any atom is 0.133 e. The van der Waals surface area contributed by atoms with Gasteiger partial charge in [-0.3, -0.25) is 0 Å². The van der Waals surface area contributed by atoms with E-state index in [1.54, 1.807) is 7.11 Å². The Morgan fingerprint density at radius 3 is 2.43 bits per heavy atom. The number of aryl methyl sites for hydroxylation is 2. The lowest BCUT2D eigenvalue weighted by Gasteiger charge is -2.17. The lowest BCUT2D eigenvalue weighted by Crippen LogP contribution is -2.00. The van der Waals surface area contributed by atoms with Gasteiger partial charge in [0.2, 0.25) is 0 Å². The minimum Gasteiger partial charge on any atom is -0.496 e. The molecule has 1 unspecified atom stereocenters. The molecular weight excluding hydrogens is 348 g/mol. The third kappa shape index (κ3) is 3.61. The highest BCUT2D eigenvalue weighted by Gasteiger charge is 2.16. The van der Waals surface area contributed by atoms with Crippen molar-refractivity contribution >= 4 is 27.5 Å². The van der Waals surface area contributed by atoms with Gasteiger partial charge in [-0.05, 0) is 63.2 Å². The topological polar surface area (TPSA) is 9.23 Å². The summed E-state index contributed by atoms with van der Waals surface area (Å²) in [5, 5.41) is -0.145. The summed E-state index contributed by atoms with van der Waals surface area (Å²) in [6, 6.07) is 12.6. The van der Waals surface area contributed by atoms with Gasteiger partial charge in [0.1, 0.15) is 5.75 Å². The zero-order valence-corrected chi connectivity index (χ0v) is 15.0. The van der Waals surface area contributed by atoms with Crippen molar-refractivity contribution in [3.63, 3.8) is 0 Å². The van der Waals surface area contributed by atoms with Crippen LogP contribution in [0.2, 0.25) is 0 Å². The van der Waals surface area contributed by atoms with E-state index < -0.39 is 0 Å². The first-order chi connectivity index (χ1) is 10.1. The first kappa shape index (κ1) is 16.4. The fourth-order valence-electron chi connectivity index (χ4n) is 2.44. The van der Waals surface area contributed by atoms with Crippen LogP contribution in [-0.2, 0) is 12.8 Å². The highest BCUT2D eigenvalue weighted by molar-refractivity contribution is 9.10. The Balaban J connectivity index is 2.43. The van der Waals surface area contributed by atoms with E-state index in [4.69, 9.17) is 16.3 Å². The van der Waals surface area contributed by atoms with Crippen molar-refractivity contribution in [2.24, 2.45) is 0 Å². The number of alkyl halides is 1. The predicted molar refractivity (Wildman–Crippen MR) is 93.6 cm³/mol. The highest BCUT2D eigenvalue weighted by atomic mass is 79.9. The summed E-state index contributed by atoms with van der Waals surface area (Å²) in [7, 11) is 1.66. The van der Waals surface area contributed by atoms with E-state index in [0.717, 1.165) is 28.6 Å². The Bertz CT molecular complexity index is 625. The lowest BCUT2D eigenvalue weighted by molar-refractivity contribution is 0.412. The molecule has 2 aromatic rings. The second kappa shape index (κ2) is 7.33. The van der Waals surface area contributed by atoms with Crippen LogP contribution in [0.3, 0.4) is 0 Å². The summed E-state index contributed by atoms with van der Waals surface area (Å²) in [6.45, 7) is 4.33. The van der Waals surface area contributed by atoms with Gasteiger partial charge in [0.05, 0.1) is 17.0 Å². The molecular formula is C18H20BrClO. The minimum absolute atomic E-state index is 0.145. The number of hydrogen-bond acceptors (Lipinski definition) is 1. The Labute approximate surface area is 140 Å². The van der Waals surface area contributed by atoms with Crippen molar-refractivity contribution < 1.29 is 4.74 Å². The summed E-state index contributed by atoms with van der Waals surface area (Å²) in [6.07, 6.45) is 2.01. The van der Waals surface area contributed by atoms with Crippen molar-refractivity contribution in [1.29, 1.82) is 0 Å². The van der Waals surface area contributed by atoms with Gasteiger partial charge < -0.3 is 4.74 Å². The molecule has 0 aliphatic rings. The first-order valence-electron chi connectivity index (χ1n) is 7.19. The third-order valence-electron chi connectivity index (χ3n) is 3.74. The molecule has 0 N–H and O–H groups in total. The maximum absolute atomic E-state index is 6.75. The van der Waals surface area contributed by atoms with Gasteiger partial charge in [-0.1, -0.05) is 38.1 Å². The van der Waals surface area contributed by atoms with Gasteiger partial charge in [-0.2, -0.15) is 0 Å². The average Bonchev–Trinajstić information content (AvgIpc) is 2.53. The molecule has 0 saturated carbocycles. The van der Waals surface area contributed by atoms with Crippen LogP contribution in [0.25, 0.3) is 0 Å². The van der Waals surface area contributed by atoms with Gasteiger partial charge in [-0.25, -0.2) is 0 Å². The molecule has 0 saturated heterocycles. The summed E-state index contributed by atoms with van der Waals surface area (Å²) >= 11 is 10.3. The molecule has 0 bridgehead atoms. The van der Waals surface area contributed by atoms with Gasteiger partial charge in [-0.15, -0.1) is 11.6 Å². The van der Waals surface area contributed by atoms with Gasteiger partial charge >= 0.3 is 0 Å². The van der Waals surface area contributed by atoms with Crippen LogP contribution in [0.5, 0.6) is 5.75 Å². The van der Waals surface area contributed by atoms with Crippen LogP contribution in [0.4, 0.5) is 0 Å². The van der Waals surface area contributed by atoms with Gasteiger partial charge in [0.15, 0.2) is 0 Å². The van der Waals surface area contributed by atoms with Crippen molar-refractivity contribution in [3.05, 3.63) is 63.1 Å². The molecule has 0 fully saturated rings. The molecule has 0 aliphatic carbocycles. The molecule has 112 valence electrons. The molecule has 3 heteroatoms. The van der Waals surface area contributed by atoms with E-state index in [1.165, 1.54) is 16.7 Å². The zero-order chi connectivity index (χ0) is 15.4. The van der Waals surface area contributed by atoms with Gasteiger partial charge in [0, 0.05) is 0 Å². The second-order valence-corrected chi connectivity index (χ2v) is 6.29. The fraction of sp³-hybridized carbons (Fsp3) is 0.333. The van der Waals surface area contributed by atoms with Crippen LogP contribution in [0, 0.1) is 0 Å². The average molecular weight is 368 g/mol. The molecule has 0 heterocycles. The molecule has 0 amide bonds. The van der Waals surface area contributed by atoms with E-state index in [0.29, 0.717) is 0 Å². The number of methoxy groups -OCH3 is 1. The monoisotopic (exact) mass is 366 g/mol. The molecule has 0 aliphatic heterocycles. The smallest absolute Gasteiger partial charge is 0.133 e. The van der Waals surface area contributed by atoms with E-state index in [2.05, 4.69) is 48.0 Å². The molecule has 0 spiro atoms. The molecule has 1 nitrogen and oxygen atoms in total. The van der Waals surface area contributed by atoms with Crippen molar-refractivity contribution in [3.8, 4) is 5.75 Å².